The van der Waals surface area contributed by atoms with E-state index in [1.807, 2.05) is 48.0 Å². The number of aromatic nitrogens is 2. The molecule has 0 saturated carbocycles. The number of hydrogen-bond donors (Lipinski definition) is 1. The number of allylic oxidation sites excluding steroid dienone is 1. The van der Waals surface area contributed by atoms with Crippen LogP contribution >= 0.6 is 11.8 Å². The van der Waals surface area contributed by atoms with Crippen molar-refractivity contribution >= 4 is 28.6 Å². The third-order valence-electron chi connectivity index (χ3n) is 3.91. The van der Waals surface area contributed by atoms with Gasteiger partial charge in [0, 0.05) is 16.0 Å². The zero-order valence-electron chi connectivity index (χ0n) is 14.5. The highest BCUT2D eigenvalue weighted by Gasteiger charge is 2.10. The van der Waals surface area contributed by atoms with Gasteiger partial charge in [0.05, 0.1) is 17.8 Å². The molecular weight excluding hydrogens is 348 g/mol. The van der Waals surface area contributed by atoms with Crippen molar-refractivity contribution in [1.82, 2.24) is 9.78 Å². The van der Waals surface area contributed by atoms with Crippen molar-refractivity contribution in [3.63, 3.8) is 0 Å². The molecule has 2 aromatic carbocycles. The smallest absolute Gasteiger partial charge is 0.341 e. The van der Waals surface area contributed by atoms with Gasteiger partial charge in [-0.25, -0.2) is 4.79 Å². The Labute approximate surface area is 156 Å². The summed E-state index contributed by atoms with van der Waals surface area (Å²) in [6.07, 6.45) is 1.84. The summed E-state index contributed by atoms with van der Waals surface area (Å²) >= 11 is 1.69. The van der Waals surface area contributed by atoms with Gasteiger partial charge in [-0.1, -0.05) is 24.3 Å². The number of para-hydroxylation sites is 1. The monoisotopic (exact) mass is 368 g/mol. The molecule has 26 heavy (non-hydrogen) atoms. The molecule has 0 aliphatic rings. The van der Waals surface area contributed by atoms with Gasteiger partial charge in [0.15, 0.2) is 6.61 Å². The zero-order valence-corrected chi connectivity index (χ0v) is 15.3. The minimum absolute atomic E-state index is 0.333. The minimum Gasteiger partial charge on any atom is -0.482 e. The van der Waals surface area contributed by atoms with Crippen LogP contribution in [-0.4, -0.2) is 27.5 Å². The van der Waals surface area contributed by atoms with E-state index in [1.54, 1.807) is 11.8 Å². The number of hydrogen-bond acceptors (Lipinski definition) is 4. The lowest BCUT2D eigenvalue weighted by Crippen LogP contribution is -2.09. The van der Waals surface area contributed by atoms with E-state index < -0.39 is 5.97 Å². The molecule has 0 aliphatic carbocycles. The number of ether oxygens (including phenoxy) is 1. The first kappa shape index (κ1) is 18.1. The van der Waals surface area contributed by atoms with E-state index in [1.165, 1.54) is 0 Å². The predicted octanol–water partition coefficient (Wildman–Crippen LogP) is 4.29. The number of carboxylic acids is 1. The Kier molecular flexibility index (Phi) is 5.63. The average molecular weight is 368 g/mol. The van der Waals surface area contributed by atoms with Crippen LogP contribution in [0.4, 0.5) is 0 Å². The summed E-state index contributed by atoms with van der Waals surface area (Å²) in [5, 5.41) is 14.6. The molecule has 134 valence electrons. The molecule has 1 aromatic heterocycles. The second kappa shape index (κ2) is 8.10. The number of thioether (sulfide) groups is 1. The fourth-order valence-corrected chi connectivity index (χ4v) is 3.67. The number of carboxylic acid groups (broad SMARTS) is 1. The van der Waals surface area contributed by atoms with Crippen molar-refractivity contribution in [3.8, 4) is 5.75 Å². The Balaban J connectivity index is 1.75. The van der Waals surface area contributed by atoms with Crippen molar-refractivity contribution in [2.75, 3.05) is 6.61 Å². The first-order valence-corrected chi connectivity index (χ1v) is 9.20. The van der Waals surface area contributed by atoms with Crippen molar-refractivity contribution in [2.24, 2.45) is 0 Å². The van der Waals surface area contributed by atoms with Gasteiger partial charge in [0.2, 0.25) is 0 Å². The van der Waals surface area contributed by atoms with Crippen molar-refractivity contribution in [2.45, 2.75) is 24.1 Å². The topological polar surface area (TPSA) is 64.4 Å². The molecule has 0 saturated heterocycles. The molecule has 0 radical (unpaired) electrons. The molecular formula is C20H20N2O3S. The Morgan fingerprint density at radius 2 is 2.15 bits per heavy atom. The molecule has 0 aliphatic heterocycles. The summed E-state index contributed by atoms with van der Waals surface area (Å²) in [7, 11) is 0. The van der Waals surface area contributed by atoms with Crippen LogP contribution in [0.25, 0.3) is 10.9 Å². The molecule has 3 rings (SSSR count). The maximum atomic E-state index is 10.6. The van der Waals surface area contributed by atoms with Crippen molar-refractivity contribution in [1.29, 1.82) is 0 Å². The summed E-state index contributed by atoms with van der Waals surface area (Å²) in [5.41, 5.74) is 3.06. The summed E-state index contributed by atoms with van der Waals surface area (Å²) in [4.78, 5) is 11.7. The Bertz CT molecular complexity index is 949. The molecule has 0 unspecified atom stereocenters. The number of fused-ring (bicyclic) bond motifs is 1. The Hall–Kier alpha value is -2.73. The van der Waals surface area contributed by atoms with Crippen molar-refractivity contribution in [3.05, 3.63) is 66.4 Å². The molecule has 6 heteroatoms. The number of benzene rings is 2. The zero-order chi connectivity index (χ0) is 18.5. The largest absolute Gasteiger partial charge is 0.482 e. The third kappa shape index (κ3) is 4.08. The first-order chi connectivity index (χ1) is 12.6. The number of aliphatic carboxylic acids is 1. The van der Waals surface area contributed by atoms with Gasteiger partial charge in [-0.2, -0.15) is 5.10 Å². The molecule has 0 spiro atoms. The molecule has 1 heterocycles. The van der Waals surface area contributed by atoms with Crippen LogP contribution in [0.15, 0.2) is 60.0 Å². The second-order valence-corrected chi connectivity index (χ2v) is 6.88. The van der Waals surface area contributed by atoms with Crippen LogP contribution < -0.4 is 4.74 Å². The lowest BCUT2D eigenvalue weighted by molar-refractivity contribution is -0.139. The Morgan fingerprint density at radius 3 is 2.88 bits per heavy atom. The molecule has 5 nitrogen and oxygen atoms in total. The maximum Gasteiger partial charge on any atom is 0.341 e. The van der Waals surface area contributed by atoms with Gasteiger partial charge >= 0.3 is 5.97 Å². The van der Waals surface area contributed by atoms with Gasteiger partial charge in [0.1, 0.15) is 5.75 Å². The van der Waals surface area contributed by atoms with Crippen molar-refractivity contribution < 1.29 is 14.6 Å². The first-order valence-electron chi connectivity index (χ1n) is 8.22. The van der Waals surface area contributed by atoms with Crippen LogP contribution in [0.5, 0.6) is 5.75 Å². The van der Waals surface area contributed by atoms with E-state index in [0.717, 1.165) is 32.8 Å². The van der Waals surface area contributed by atoms with Crippen LogP contribution in [0.1, 0.15) is 11.3 Å². The third-order valence-corrected chi connectivity index (χ3v) is 4.91. The number of nitrogens with zero attached hydrogens (tertiary/aromatic N) is 2. The quantitative estimate of drug-likeness (QED) is 0.475. The summed E-state index contributed by atoms with van der Waals surface area (Å²) in [6, 6.07) is 14.0. The van der Waals surface area contributed by atoms with Crippen LogP contribution in [0.2, 0.25) is 0 Å². The predicted molar refractivity (Wildman–Crippen MR) is 104 cm³/mol. The van der Waals surface area contributed by atoms with E-state index >= 15 is 0 Å². The van der Waals surface area contributed by atoms with Gasteiger partial charge < -0.3 is 9.84 Å². The maximum absolute atomic E-state index is 10.6. The highest BCUT2D eigenvalue weighted by atomic mass is 32.2. The molecule has 0 amide bonds. The number of carbonyl (C=O) groups is 1. The summed E-state index contributed by atoms with van der Waals surface area (Å²) in [5.74, 6) is 0.363. The number of aryl methyl sites for hydroxylation is 1. The fourth-order valence-electron chi connectivity index (χ4n) is 2.73. The molecule has 0 fully saturated rings. The highest BCUT2D eigenvalue weighted by Crippen LogP contribution is 2.30. The van der Waals surface area contributed by atoms with Crippen LogP contribution in [0.3, 0.4) is 0 Å². The SMILES string of the molecule is C=CCn1nc(CSc2ccc(OCC(=O)O)c(C)c2)c2ccccc21. The van der Waals surface area contributed by atoms with Gasteiger partial charge in [-0.05, 0) is 36.8 Å². The van der Waals surface area contributed by atoms with E-state index in [0.29, 0.717) is 12.3 Å². The molecule has 1 N–H and O–H groups in total. The van der Waals surface area contributed by atoms with E-state index in [2.05, 4.69) is 18.7 Å². The fraction of sp³-hybridized carbons (Fsp3) is 0.200. The summed E-state index contributed by atoms with van der Waals surface area (Å²) < 4.78 is 7.23. The van der Waals surface area contributed by atoms with Crippen LogP contribution in [0, 0.1) is 6.92 Å². The minimum atomic E-state index is -0.982. The van der Waals surface area contributed by atoms with Gasteiger partial charge in [-0.15, -0.1) is 18.3 Å². The average Bonchev–Trinajstić information content (AvgIpc) is 2.97. The highest BCUT2D eigenvalue weighted by molar-refractivity contribution is 7.98. The van der Waals surface area contributed by atoms with E-state index in [-0.39, 0.29) is 6.61 Å². The molecule has 3 aromatic rings. The lowest BCUT2D eigenvalue weighted by atomic mass is 10.2. The van der Waals surface area contributed by atoms with Crippen LogP contribution in [-0.2, 0) is 17.1 Å². The summed E-state index contributed by atoms with van der Waals surface area (Å²) in [6.45, 7) is 6.05. The molecule has 0 atom stereocenters. The van der Waals surface area contributed by atoms with Gasteiger partial charge in [0.25, 0.3) is 0 Å². The van der Waals surface area contributed by atoms with Gasteiger partial charge in [-0.3, -0.25) is 4.68 Å². The lowest BCUT2D eigenvalue weighted by Gasteiger charge is -2.08. The molecule has 0 bridgehead atoms. The standard InChI is InChI=1S/C20H20N2O3S/c1-3-10-22-18-7-5-4-6-16(18)17(21-22)13-26-15-8-9-19(14(2)11-15)25-12-20(23)24/h3-9,11H,1,10,12-13H2,2H3,(H,23,24). The van der Waals surface area contributed by atoms with E-state index in [4.69, 9.17) is 14.9 Å². The van der Waals surface area contributed by atoms with E-state index in [9.17, 15) is 4.79 Å². The number of rotatable bonds is 8. The normalized spacial score (nSPS) is 10.8. The Morgan fingerprint density at radius 1 is 1.35 bits per heavy atom. The second-order valence-electron chi connectivity index (χ2n) is 5.83.